The van der Waals surface area contributed by atoms with E-state index in [1.165, 1.54) is 4.90 Å². The maximum absolute atomic E-state index is 14.3. The Morgan fingerprint density at radius 3 is 2.62 bits per heavy atom. The van der Waals surface area contributed by atoms with Crippen LogP contribution in [0.15, 0.2) is 24.3 Å². The Hall–Kier alpha value is -3.89. The number of ether oxygens (including phenoxy) is 4. The van der Waals surface area contributed by atoms with Crippen molar-refractivity contribution >= 4 is 35.1 Å². The SMILES string of the molecule is COc1ccc2nc3c(nc2c1)O[C@H]1CN(C(=O)[C@H](C(C)(C)C)NC(=O)O[C@@H]2C[C@H]2CCCC=C3)[C@H](C(=O)OCC(C)C)[C@@H]1C. The molecule has 3 aliphatic rings. The first-order chi connectivity index (χ1) is 21.3. The molecule has 5 rings (SSSR count). The van der Waals surface area contributed by atoms with Crippen LogP contribution < -0.4 is 14.8 Å². The van der Waals surface area contributed by atoms with Crippen molar-refractivity contribution < 1.29 is 33.3 Å². The summed E-state index contributed by atoms with van der Waals surface area (Å²) in [5.41, 5.74) is 1.19. The smallest absolute Gasteiger partial charge is 0.408 e. The van der Waals surface area contributed by atoms with Gasteiger partial charge in [0.15, 0.2) is 0 Å². The average molecular weight is 623 g/mol. The molecule has 11 heteroatoms. The Bertz CT molecular complexity index is 1450. The van der Waals surface area contributed by atoms with Crippen LogP contribution in [0.1, 0.15) is 72.9 Å². The second-order valence-electron chi connectivity index (χ2n) is 14.0. The number of hydrogen-bond acceptors (Lipinski definition) is 9. The number of esters is 1. The predicted octanol–water partition coefficient (Wildman–Crippen LogP) is 5.16. The zero-order valence-electron chi connectivity index (χ0n) is 27.4. The topological polar surface area (TPSA) is 129 Å². The van der Waals surface area contributed by atoms with E-state index in [2.05, 4.69) is 5.32 Å². The maximum atomic E-state index is 14.3. The van der Waals surface area contributed by atoms with E-state index >= 15 is 0 Å². The molecule has 2 fully saturated rings. The van der Waals surface area contributed by atoms with E-state index in [-0.39, 0.29) is 25.2 Å². The summed E-state index contributed by atoms with van der Waals surface area (Å²) < 4.78 is 23.3. The molecule has 2 amide bonds. The van der Waals surface area contributed by atoms with Gasteiger partial charge in [0.25, 0.3) is 0 Å². The number of nitrogens with one attached hydrogen (secondary N) is 1. The number of benzene rings is 1. The van der Waals surface area contributed by atoms with Gasteiger partial charge in [-0.15, -0.1) is 0 Å². The Morgan fingerprint density at radius 1 is 1.13 bits per heavy atom. The van der Waals surface area contributed by atoms with Gasteiger partial charge in [-0.2, -0.15) is 0 Å². The van der Waals surface area contributed by atoms with Crippen molar-refractivity contribution in [2.75, 3.05) is 20.3 Å². The number of methoxy groups -OCH3 is 1. The molecule has 1 saturated carbocycles. The van der Waals surface area contributed by atoms with Gasteiger partial charge < -0.3 is 29.2 Å². The first-order valence-corrected chi connectivity index (χ1v) is 16.0. The van der Waals surface area contributed by atoms with Gasteiger partial charge in [0.05, 0.1) is 31.3 Å². The van der Waals surface area contributed by atoms with Gasteiger partial charge in [-0.05, 0) is 61.1 Å². The Kier molecular flexibility index (Phi) is 9.55. The van der Waals surface area contributed by atoms with Crippen molar-refractivity contribution in [2.24, 2.45) is 23.2 Å². The highest BCUT2D eigenvalue weighted by atomic mass is 16.6. The summed E-state index contributed by atoms with van der Waals surface area (Å²) in [6.45, 7) is 11.7. The minimum absolute atomic E-state index is 0.0937. The van der Waals surface area contributed by atoms with Crippen LogP contribution in [0.3, 0.4) is 0 Å². The molecule has 0 spiro atoms. The zero-order chi connectivity index (χ0) is 32.5. The number of allylic oxidation sites excluding steroid dienone is 1. The standard InChI is InChI=1S/C34H46N4O7/c1-19(2)18-43-32(40)28-20(3)27-17-38(28)31(39)29(34(4,5)6)37-33(41)45-26-15-21(26)11-9-8-10-12-24-30(44-27)36-25-16-22(42-7)13-14-23(25)35-24/h10,12-14,16,19-21,26-29H,8-9,11,15,17-18H2,1-7H3,(H,37,41)/t20-,21-,26-,27+,28+,29-/m1/s1. The number of fused-ring (bicyclic) bond motifs is 5. The Morgan fingerprint density at radius 2 is 1.91 bits per heavy atom. The lowest BCUT2D eigenvalue weighted by Gasteiger charge is -2.35. The van der Waals surface area contributed by atoms with E-state index < -0.39 is 47.5 Å². The van der Waals surface area contributed by atoms with Gasteiger partial charge in [-0.3, -0.25) is 4.79 Å². The summed E-state index contributed by atoms with van der Waals surface area (Å²) >= 11 is 0. The van der Waals surface area contributed by atoms with Crippen LogP contribution in [-0.4, -0.2) is 77.4 Å². The normalized spacial score (nSPS) is 27.4. The fourth-order valence-electron chi connectivity index (χ4n) is 5.97. The summed E-state index contributed by atoms with van der Waals surface area (Å²) in [5, 5.41) is 2.83. The van der Waals surface area contributed by atoms with Crippen LogP contribution in [-0.2, 0) is 19.1 Å². The summed E-state index contributed by atoms with van der Waals surface area (Å²) in [4.78, 5) is 52.1. The molecule has 1 aromatic heterocycles. The molecule has 0 radical (unpaired) electrons. The lowest BCUT2D eigenvalue weighted by molar-refractivity contribution is -0.156. The highest BCUT2D eigenvalue weighted by Crippen LogP contribution is 2.39. The van der Waals surface area contributed by atoms with Crippen molar-refractivity contribution in [3.8, 4) is 11.6 Å². The van der Waals surface area contributed by atoms with Crippen molar-refractivity contribution in [1.29, 1.82) is 0 Å². The van der Waals surface area contributed by atoms with Crippen molar-refractivity contribution in [1.82, 2.24) is 20.2 Å². The average Bonchev–Trinajstić information content (AvgIpc) is 3.63. The maximum Gasteiger partial charge on any atom is 0.408 e. The number of nitrogens with zero attached hydrogens (tertiary/aromatic N) is 3. The fourth-order valence-corrected chi connectivity index (χ4v) is 5.97. The van der Waals surface area contributed by atoms with Crippen molar-refractivity contribution in [2.45, 2.75) is 91.5 Å². The quantitative estimate of drug-likeness (QED) is 0.460. The summed E-state index contributed by atoms with van der Waals surface area (Å²) in [6, 6.07) is 3.62. The highest BCUT2D eigenvalue weighted by molar-refractivity contribution is 5.91. The van der Waals surface area contributed by atoms with Crippen molar-refractivity contribution in [3.05, 3.63) is 30.0 Å². The van der Waals surface area contributed by atoms with Crippen LogP contribution >= 0.6 is 0 Å². The summed E-state index contributed by atoms with van der Waals surface area (Å²) in [6.07, 6.45) is 6.04. The van der Waals surface area contributed by atoms with Gasteiger partial charge >= 0.3 is 12.1 Å². The second kappa shape index (κ2) is 13.2. The van der Waals surface area contributed by atoms with E-state index in [1.54, 1.807) is 13.2 Å². The second-order valence-corrected chi connectivity index (χ2v) is 14.0. The van der Waals surface area contributed by atoms with Gasteiger partial charge in [0.2, 0.25) is 11.8 Å². The number of rotatable bonds is 4. The zero-order valence-corrected chi connectivity index (χ0v) is 27.4. The number of carbonyl (C=O) groups excluding carboxylic acids is 3. The van der Waals surface area contributed by atoms with Gasteiger partial charge in [0, 0.05) is 12.0 Å². The number of alkyl carbamates (subject to hydrolysis) is 1. The molecular weight excluding hydrogens is 576 g/mol. The minimum atomic E-state index is -0.946. The largest absolute Gasteiger partial charge is 0.497 e. The number of carbonyl (C=O) groups is 3. The molecule has 45 heavy (non-hydrogen) atoms. The molecule has 2 aromatic rings. The molecule has 244 valence electrons. The number of aromatic nitrogens is 2. The monoisotopic (exact) mass is 622 g/mol. The van der Waals surface area contributed by atoms with Crippen LogP contribution in [0, 0.1) is 23.2 Å². The van der Waals surface area contributed by atoms with E-state index in [9.17, 15) is 14.4 Å². The molecule has 1 saturated heterocycles. The van der Waals surface area contributed by atoms with Crippen LogP contribution in [0.25, 0.3) is 17.1 Å². The third kappa shape index (κ3) is 7.50. The van der Waals surface area contributed by atoms with E-state index in [1.807, 2.05) is 65.8 Å². The lowest BCUT2D eigenvalue weighted by Crippen LogP contribution is -2.57. The molecule has 6 atom stereocenters. The first kappa shape index (κ1) is 32.5. The fraction of sp³-hybridized carbons (Fsp3) is 0.618. The molecule has 1 aliphatic carbocycles. The minimum Gasteiger partial charge on any atom is -0.497 e. The third-order valence-electron chi connectivity index (χ3n) is 8.72. The molecule has 2 bridgehead atoms. The molecule has 0 unspecified atom stereocenters. The predicted molar refractivity (Wildman–Crippen MR) is 169 cm³/mol. The molecule has 3 heterocycles. The molecule has 2 aliphatic heterocycles. The van der Waals surface area contributed by atoms with Crippen molar-refractivity contribution in [3.63, 3.8) is 0 Å². The summed E-state index contributed by atoms with van der Waals surface area (Å²) in [5.74, 6) is 0.0122. The molecule has 1 N–H and O–H groups in total. The Balaban J connectivity index is 1.55. The van der Waals surface area contributed by atoms with Gasteiger partial charge in [0.1, 0.15) is 35.7 Å². The summed E-state index contributed by atoms with van der Waals surface area (Å²) in [7, 11) is 1.59. The van der Waals surface area contributed by atoms with E-state index in [0.717, 1.165) is 25.7 Å². The Labute approximate surface area is 265 Å². The molecular formula is C34H46N4O7. The lowest BCUT2D eigenvalue weighted by atomic mass is 9.85. The number of hydrogen-bond donors (Lipinski definition) is 1. The van der Waals surface area contributed by atoms with Crippen LogP contribution in [0.2, 0.25) is 0 Å². The van der Waals surface area contributed by atoms with E-state index in [4.69, 9.17) is 28.9 Å². The first-order valence-electron chi connectivity index (χ1n) is 16.0. The highest BCUT2D eigenvalue weighted by Gasteiger charge is 2.51. The van der Waals surface area contributed by atoms with Gasteiger partial charge in [-0.1, -0.05) is 47.6 Å². The number of amides is 2. The van der Waals surface area contributed by atoms with Gasteiger partial charge in [-0.25, -0.2) is 19.6 Å². The molecule has 1 aromatic carbocycles. The van der Waals surface area contributed by atoms with Crippen LogP contribution in [0.5, 0.6) is 11.6 Å². The molecule has 11 nitrogen and oxygen atoms in total. The third-order valence-corrected chi connectivity index (χ3v) is 8.72. The van der Waals surface area contributed by atoms with Crippen LogP contribution in [0.4, 0.5) is 4.79 Å². The van der Waals surface area contributed by atoms with E-state index in [0.29, 0.717) is 34.3 Å².